The summed E-state index contributed by atoms with van der Waals surface area (Å²) in [6, 6.07) is 13.7. The lowest BCUT2D eigenvalue weighted by atomic mass is 10.1. The monoisotopic (exact) mass is 215 g/mol. The van der Waals surface area contributed by atoms with Crippen molar-refractivity contribution in [2.75, 3.05) is 11.7 Å². The Labute approximate surface area is 94.2 Å². The predicted octanol–water partition coefficient (Wildman–Crippen LogP) is 2.75. The highest BCUT2D eigenvalue weighted by Gasteiger charge is 2.08. The van der Waals surface area contributed by atoms with E-state index in [2.05, 4.69) is 0 Å². The van der Waals surface area contributed by atoms with E-state index < -0.39 is 0 Å². The van der Waals surface area contributed by atoms with Crippen LogP contribution in [0.2, 0.25) is 0 Å². The van der Waals surface area contributed by atoms with Gasteiger partial charge >= 0.3 is 0 Å². The molecule has 0 aliphatic carbocycles. The van der Waals surface area contributed by atoms with Crippen molar-refractivity contribution in [3.63, 3.8) is 0 Å². The lowest BCUT2D eigenvalue weighted by Crippen LogP contribution is -2.21. The van der Waals surface area contributed by atoms with Gasteiger partial charge in [-0.15, -0.1) is 0 Å². The van der Waals surface area contributed by atoms with Crippen LogP contribution >= 0.6 is 0 Å². The Morgan fingerprint density at radius 2 is 1.94 bits per heavy atom. The molecule has 0 fully saturated rings. The molecule has 0 unspecified atom stereocenters. The zero-order chi connectivity index (χ0) is 11.4. The largest absolute Gasteiger partial charge is 0.276 e. The van der Waals surface area contributed by atoms with Gasteiger partial charge in [0.1, 0.15) is 0 Å². The van der Waals surface area contributed by atoms with E-state index in [0.717, 1.165) is 16.5 Å². The minimum atomic E-state index is 0.460. The number of hydroxylamine groups is 1. The van der Waals surface area contributed by atoms with Crippen molar-refractivity contribution < 1.29 is 9.63 Å². The summed E-state index contributed by atoms with van der Waals surface area (Å²) in [4.78, 5) is 16.2. The molecular formula is C13H13NO2. The quantitative estimate of drug-likeness (QED) is 0.579. The Morgan fingerprint density at radius 3 is 2.69 bits per heavy atom. The molecule has 0 aliphatic rings. The molecule has 0 radical (unpaired) electrons. The molecule has 3 nitrogen and oxygen atoms in total. The average Bonchev–Trinajstić information content (AvgIpc) is 2.35. The van der Waals surface area contributed by atoms with Crippen molar-refractivity contribution >= 4 is 22.9 Å². The first-order chi connectivity index (χ1) is 7.86. The molecule has 0 spiro atoms. The van der Waals surface area contributed by atoms with E-state index in [1.165, 1.54) is 5.06 Å². The molecule has 16 heavy (non-hydrogen) atoms. The van der Waals surface area contributed by atoms with Crippen LogP contribution in [0.4, 0.5) is 5.69 Å². The molecule has 0 bridgehead atoms. The van der Waals surface area contributed by atoms with Crippen LogP contribution in [-0.4, -0.2) is 13.0 Å². The topological polar surface area (TPSA) is 29.5 Å². The summed E-state index contributed by atoms with van der Waals surface area (Å²) in [6.45, 7) is 2.31. The van der Waals surface area contributed by atoms with Gasteiger partial charge in [-0.3, -0.25) is 9.63 Å². The molecule has 2 aromatic carbocycles. The Kier molecular flexibility index (Phi) is 3.17. The summed E-state index contributed by atoms with van der Waals surface area (Å²) >= 11 is 0. The number of hydrogen-bond acceptors (Lipinski definition) is 2. The lowest BCUT2D eigenvalue weighted by Gasteiger charge is -2.17. The van der Waals surface area contributed by atoms with Crippen molar-refractivity contribution in [3.8, 4) is 0 Å². The van der Waals surface area contributed by atoms with Crippen molar-refractivity contribution in [1.29, 1.82) is 0 Å². The highest BCUT2D eigenvalue weighted by molar-refractivity contribution is 5.97. The van der Waals surface area contributed by atoms with E-state index in [1.54, 1.807) is 0 Å². The third-order valence-electron chi connectivity index (χ3n) is 2.37. The van der Waals surface area contributed by atoms with Crippen molar-refractivity contribution in [2.45, 2.75) is 6.92 Å². The van der Waals surface area contributed by atoms with Crippen LogP contribution in [0.5, 0.6) is 0 Å². The number of amides is 1. The first-order valence-corrected chi connectivity index (χ1v) is 5.22. The fraction of sp³-hybridized carbons (Fsp3) is 0.154. The molecule has 0 saturated carbocycles. The van der Waals surface area contributed by atoms with Gasteiger partial charge < -0.3 is 0 Å². The maximum absolute atomic E-state index is 10.9. The summed E-state index contributed by atoms with van der Waals surface area (Å²) in [5.41, 5.74) is 0.773. The van der Waals surface area contributed by atoms with Gasteiger partial charge in [0.05, 0.1) is 12.3 Å². The van der Waals surface area contributed by atoms with Gasteiger partial charge in [-0.25, -0.2) is 0 Å². The Morgan fingerprint density at radius 1 is 1.19 bits per heavy atom. The van der Waals surface area contributed by atoms with Gasteiger partial charge in [0.2, 0.25) is 6.41 Å². The van der Waals surface area contributed by atoms with Crippen molar-refractivity contribution in [2.24, 2.45) is 0 Å². The maximum Gasteiger partial charge on any atom is 0.238 e. The van der Waals surface area contributed by atoms with Crippen molar-refractivity contribution in [3.05, 3.63) is 42.5 Å². The molecule has 2 aromatic rings. The van der Waals surface area contributed by atoms with Gasteiger partial charge in [0, 0.05) is 5.39 Å². The highest BCUT2D eigenvalue weighted by Crippen LogP contribution is 2.25. The van der Waals surface area contributed by atoms with Gasteiger partial charge in [-0.1, -0.05) is 36.4 Å². The second-order valence-electron chi connectivity index (χ2n) is 3.35. The van der Waals surface area contributed by atoms with Crippen LogP contribution in [0.1, 0.15) is 6.92 Å². The van der Waals surface area contributed by atoms with Crippen LogP contribution in [-0.2, 0) is 9.63 Å². The maximum atomic E-state index is 10.9. The average molecular weight is 215 g/mol. The third kappa shape index (κ3) is 1.90. The fourth-order valence-corrected chi connectivity index (χ4v) is 1.70. The summed E-state index contributed by atoms with van der Waals surface area (Å²) < 4.78 is 0. The summed E-state index contributed by atoms with van der Waals surface area (Å²) in [5, 5.41) is 3.36. The van der Waals surface area contributed by atoms with E-state index >= 15 is 0 Å². The highest BCUT2D eigenvalue weighted by atomic mass is 16.7. The van der Waals surface area contributed by atoms with Crippen molar-refractivity contribution in [1.82, 2.24) is 0 Å². The molecule has 1 amide bonds. The lowest BCUT2D eigenvalue weighted by molar-refractivity contribution is -0.113. The number of anilines is 1. The second-order valence-corrected chi connectivity index (χ2v) is 3.35. The SMILES string of the molecule is CCON(C=O)c1cccc2ccccc12. The fourth-order valence-electron chi connectivity index (χ4n) is 1.70. The Bertz CT molecular complexity index is 491. The molecule has 0 heterocycles. The number of nitrogens with zero attached hydrogens (tertiary/aromatic N) is 1. The normalized spacial score (nSPS) is 10.3. The second kappa shape index (κ2) is 4.77. The van der Waals surface area contributed by atoms with Crippen LogP contribution < -0.4 is 5.06 Å². The van der Waals surface area contributed by atoms with Crippen LogP contribution in [0.3, 0.4) is 0 Å². The number of carbonyl (C=O) groups is 1. The van der Waals surface area contributed by atoms with Crippen LogP contribution in [0, 0.1) is 0 Å². The predicted molar refractivity (Wildman–Crippen MR) is 64.1 cm³/mol. The zero-order valence-electron chi connectivity index (χ0n) is 9.09. The number of carbonyl (C=O) groups excluding carboxylic acids is 1. The van der Waals surface area contributed by atoms with Gasteiger partial charge in [0.15, 0.2) is 0 Å². The molecule has 0 aromatic heterocycles. The zero-order valence-corrected chi connectivity index (χ0v) is 9.09. The third-order valence-corrected chi connectivity index (χ3v) is 2.37. The number of rotatable bonds is 4. The van der Waals surface area contributed by atoms with E-state index in [4.69, 9.17) is 4.84 Å². The minimum Gasteiger partial charge on any atom is -0.276 e. The standard InChI is InChI=1S/C13H13NO2/c1-2-16-14(10-15)13-9-5-7-11-6-3-4-8-12(11)13/h3-10H,2H2,1H3. The first kappa shape index (κ1) is 10.6. The smallest absolute Gasteiger partial charge is 0.238 e. The molecule has 0 saturated heterocycles. The van der Waals surface area contributed by atoms with Gasteiger partial charge in [-0.05, 0) is 18.4 Å². The molecule has 0 aliphatic heterocycles. The molecule has 82 valence electrons. The molecular weight excluding hydrogens is 202 g/mol. The number of fused-ring (bicyclic) bond motifs is 1. The van der Waals surface area contributed by atoms with Crippen LogP contribution in [0.25, 0.3) is 10.8 Å². The molecule has 2 rings (SSSR count). The van der Waals surface area contributed by atoms with E-state index in [1.807, 2.05) is 49.4 Å². The first-order valence-electron chi connectivity index (χ1n) is 5.22. The Hall–Kier alpha value is -1.87. The van der Waals surface area contributed by atoms with Gasteiger partial charge in [0.25, 0.3) is 0 Å². The summed E-state index contributed by atoms with van der Waals surface area (Å²) in [7, 11) is 0. The van der Waals surface area contributed by atoms with Crippen LogP contribution in [0.15, 0.2) is 42.5 Å². The van der Waals surface area contributed by atoms with Gasteiger partial charge in [-0.2, -0.15) is 5.06 Å². The van der Waals surface area contributed by atoms with E-state index in [-0.39, 0.29) is 0 Å². The minimum absolute atomic E-state index is 0.460. The molecule has 0 N–H and O–H groups in total. The summed E-state index contributed by atoms with van der Waals surface area (Å²) in [6.07, 6.45) is 0.686. The number of hydrogen-bond donors (Lipinski definition) is 0. The molecule has 0 atom stereocenters. The number of benzene rings is 2. The molecule has 3 heteroatoms. The summed E-state index contributed by atoms with van der Waals surface area (Å²) in [5.74, 6) is 0. The Balaban J connectivity index is 2.54. The van der Waals surface area contributed by atoms with E-state index in [9.17, 15) is 4.79 Å². The van der Waals surface area contributed by atoms with E-state index in [0.29, 0.717) is 13.0 Å².